The maximum Gasteiger partial charge on any atom is 0.180 e. The van der Waals surface area contributed by atoms with Gasteiger partial charge in [0.05, 0.1) is 25.8 Å². The molecule has 1 atom stereocenters. The fourth-order valence-electron chi connectivity index (χ4n) is 2.75. The highest BCUT2D eigenvalue weighted by molar-refractivity contribution is 6.00. The zero-order chi connectivity index (χ0) is 14.5. The van der Waals surface area contributed by atoms with Gasteiger partial charge in [-0.05, 0) is 43.5 Å². The molecule has 0 saturated carbocycles. The minimum atomic E-state index is 0.125. The lowest BCUT2D eigenvalue weighted by molar-refractivity contribution is 0.0934. The summed E-state index contributed by atoms with van der Waals surface area (Å²) in [6.07, 6.45) is 1.10. The number of ether oxygens (including phenoxy) is 2. The van der Waals surface area contributed by atoms with Gasteiger partial charge in [0, 0.05) is 13.7 Å². The van der Waals surface area contributed by atoms with E-state index in [1.807, 2.05) is 25.1 Å². The number of hydrogen-bond donors (Lipinski definition) is 0. The van der Waals surface area contributed by atoms with Crippen LogP contribution >= 0.6 is 0 Å². The van der Waals surface area contributed by atoms with Gasteiger partial charge in [0.2, 0.25) is 0 Å². The summed E-state index contributed by atoms with van der Waals surface area (Å²) < 4.78 is 10.5. The van der Waals surface area contributed by atoms with Crippen LogP contribution in [-0.4, -0.2) is 51.1 Å². The van der Waals surface area contributed by atoms with Crippen molar-refractivity contribution >= 4 is 5.78 Å². The van der Waals surface area contributed by atoms with Gasteiger partial charge in [-0.15, -0.1) is 0 Å². The minimum absolute atomic E-state index is 0.125. The van der Waals surface area contributed by atoms with Crippen LogP contribution in [0.15, 0.2) is 18.2 Å². The Balaban J connectivity index is 1.99. The molecule has 4 nitrogen and oxygen atoms in total. The third-order valence-electron chi connectivity index (χ3n) is 3.80. The Morgan fingerprint density at radius 2 is 2.20 bits per heavy atom. The van der Waals surface area contributed by atoms with Gasteiger partial charge in [0.25, 0.3) is 0 Å². The van der Waals surface area contributed by atoms with Crippen LogP contribution in [0.1, 0.15) is 22.3 Å². The summed E-state index contributed by atoms with van der Waals surface area (Å²) in [5, 5.41) is 0. The Hall–Kier alpha value is -1.39. The summed E-state index contributed by atoms with van der Waals surface area (Å²) >= 11 is 0. The van der Waals surface area contributed by atoms with Crippen LogP contribution in [0.3, 0.4) is 0 Å². The number of Topliss-reactive ketones (excluding diaryl/α,β-unsaturated/α-hetero) is 1. The van der Waals surface area contributed by atoms with Gasteiger partial charge in [-0.1, -0.05) is 6.07 Å². The zero-order valence-electron chi connectivity index (χ0n) is 12.5. The van der Waals surface area contributed by atoms with E-state index in [2.05, 4.69) is 4.90 Å². The van der Waals surface area contributed by atoms with Gasteiger partial charge in [0.1, 0.15) is 5.75 Å². The lowest BCUT2D eigenvalue weighted by Crippen LogP contribution is -2.28. The van der Waals surface area contributed by atoms with Crippen molar-refractivity contribution in [3.8, 4) is 5.75 Å². The summed E-state index contributed by atoms with van der Waals surface area (Å²) in [5.74, 6) is 1.34. The number of aryl methyl sites for hydroxylation is 1. The third-order valence-corrected chi connectivity index (χ3v) is 3.80. The van der Waals surface area contributed by atoms with Crippen LogP contribution in [0.25, 0.3) is 0 Å². The molecule has 1 aliphatic heterocycles. The lowest BCUT2D eigenvalue weighted by atomic mass is 10.1. The number of hydrogen-bond acceptors (Lipinski definition) is 4. The molecule has 1 aliphatic rings. The normalized spacial score (nSPS) is 19.2. The molecule has 1 saturated heterocycles. The van der Waals surface area contributed by atoms with Crippen LogP contribution in [-0.2, 0) is 4.74 Å². The van der Waals surface area contributed by atoms with Crippen molar-refractivity contribution in [3.05, 3.63) is 29.3 Å². The summed E-state index contributed by atoms with van der Waals surface area (Å²) in [7, 11) is 3.33. The standard InChI is InChI=1S/C16H23NO3/c1-12-4-5-14(16(8-12)20-3)15(18)10-17-7-6-13(9-17)11-19-2/h4-5,8,13H,6-7,9-11H2,1-3H3. The second kappa shape index (κ2) is 6.86. The van der Waals surface area contributed by atoms with Crippen molar-refractivity contribution in [2.24, 2.45) is 5.92 Å². The van der Waals surface area contributed by atoms with Gasteiger partial charge < -0.3 is 9.47 Å². The number of nitrogens with zero attached hydrogens (tertiary/aromatic N) is 1. The molecule has 0 spiro atoms. The largest absolute Gasteiger partial charge is 0.496 e. The molecule has 1 heterocycles. The molecule has 1 fully saturated rings. The number of rotatable bonds is 6. The summed E-state index contributed by atoms with van der Waals surface area (Å²) in [5.41, 5.74) is 1.77. The highest BCUT2D eigenvalue weighted by atomic mass is 16.5. The van der Waals surface area contributed by atoms with Crippen LogP contribution in [0.5, 0.6) is 5.75 Å². The second-order valence-corrected chi connectivity index (χ2v) is 5.47. The molecule has 2 rings (SSSR count). The Labute approximate surface area is 120 Å². The van der Waals surface area contributed by atoms with Crippen LogP contribution in [0.2, 0.25) is 0 Å². The number of likely N-dealkylation sites (tertiary alicyclic amines) is 1. The highest BCUT2D eigenvalue weighted by Gasteiger charge is 2.25. The molecule has 0 aromatic heterocycles. The summed E-state index contributed by atoms with van der Waals surface area (Å²) in [6.45, 7) is 5.13. The molecular weight excluding hydrogens is 254 g/mol. The fraction of sp³-hybridized carbons (Fsp3) is 0.562. The fourth-order valence-corrected chi connectivity index (χ4v) is 2.75. The van der Waals surface area contributed by atoms with Crippen LogP contribution in [0, 0.1) is 12.8 Å². The molecule has 110 valence electrons. The number of benzene rings is 1. The summed E-state index contributed by atoms with van der Waals surface area (Å²) in [6, 6.07) is 5.72. The maximum absolute atomic E-state index is 12.4. The van der Waals surface area contributed by atoms with Gasteiger partial charge in [-0.2, -0.15) is 0 Å². The molecule has 1 unspecified atom stereocenters. The number of carbonyl (C=O) groups is 1. The van der Waals surface area contributed by atoms with E-state index < -0.39 is 0 Å². The van der Waals surface area contributed by atoms with Crippen molar-refractivity contribution in [1.29, 1.82) is 0 Å². The predicted molar refractivity (Wildman–Crippen MR) is 78.5 cm³/mol. The van der Waals surface area contributed by atoms with Crippen LogP contribution < -0.4 is 4.74 Å². The average Bonchev–Trinajstić information content (AvgIpc) is 2.86. The summed E-state index contributed by atoms with van der Waals surface area (Å²) in [4.78, 5) is 14.6. The Morgan fingerprint density at radius 1 is 1.40 bits per heavy atom. The molecule has 1 aromatic carbocycles. The van der Waals surface area contributed by atoms with E-state index >= 15 is 0 Å². The Morgan fingerprint density at radius 3 is 2.90 bits per heavy atom. The quantitative estimate of drug-likeness (QED) is 0.747. The molecule has 1 aromatic rings. The lowest BCUT2D eigenvalue weighted by Gasteiger charge is -2.16. The smallest absolute Gasteiger partial charge is 0.180 e. The van der Waals surface area contributed by atoms with Crippen molar-refractivity contribution in [3.63, 3.8) is 0 Å². The third kappa shape index (κ3) is 3.58. The van der Waals surface area contributed by atoms with Crippen molar-refractivity contribution in [2.45, 2.75) is 13.3 Å². The van der Waals surface area contributed by atoms with Crippen molar-refractivity contribution < 1.29 is 14.3 Å². The zero-order valence-corrected chi connectivity index (χ0v) is 12.5. The predicted octanol–water partition coefficient (Wildman–Crippen LogP) is 2.15. The maximum atomic E-state index is 12.4. The van der Waals surface area contributed by atoms with E-state index in [0.717, 1.165) is 31.7 Å². The SMILES string of the molecule is COCC1CCN(CC(=O)c2ccc(C)cc2OC)C1. The van der Waals surface area contributed by atoms with E-state index in [9.17, 15) is 4.79 Å². The van der Waals surface area contributed by atoms with E-state index in [1.165, 1.54) is 0 Å². The second-order valence-electron chi connectivity index (χ2n) is 5.47. The molecule has 20 heavy (non-hydrogen) atoms. The Kier molecular flexibility index (Phi) is 5.15. The molecule has 0 bridgehead atoms. The molecular formula is C16H23NO3. The molecule has 0 aliphatic carbocycles. The Bertz CT molecular complexity index is 473. The first kappa shape index (κ1) is 15.0. The number of methoxy groups -OCH3 is 2. The van der Waals surface area contributed by atoms with Crippen LogP contribution in [0.4, 0.5) is 0 Å². The minimum Gasteiger partial charge on any atom is -0.496 e. The molecule has 0 radical (unpaired) electrons. The van der Waals surface area contributed by atoms with Crippen molar-refractivity contribution in [1.82, 2.24) is 4.90 Å². The molecule has 4 heteroatoms. The first-order valence-corrected chi connectivity index (χ1v) is 7.03. The van der Waals surface area contributed by atoms with E-state index in [0.29, 0.717) is 23.8 Å². The first-order chi connectivity index (χ1) is 9.63. The number of carbonyl (C=O) groups excluding carboxylic acids is 1. The highest BCUT2D eigenvalue weighted by Crippen LogP contribution is 2.22. The molecule has 0 N–H and O–H groups in total. The first-order valence-electron chi connectivity index (χ1n) is 7.03. The van der Waals surface area contributed by atoms with E-state index in [4.69, 9.17) is 9.47 Å². The van der Waals surface area contributed by atoms with E-state index in [1.54, 1.807) is 14.2 Å². The molecule has 0 amide bonds. The monoisotopic (exact) mass is 277 g/mol. The van der Waals surface area contributed by atoms with Crippen molar-refractivity contribution in [2.75, 3.05) is 40.5 Å². The van der Waals surface area contributed by atoms with Gasteiger partial charge in [-0.3, -0.25) is 9.69 Å². The van der Waals surface area contributed by atoms with Gasteiger partial charge >= 0.3 is 0 Å². The van der Waals surface area contributed by atoms with Gasteiger partial charge in [-0.25, -0.2) is 0 Å². The number of ketones is 1. The topological polar surface area (TPSA) is 38.8 Å². The van der Waals surface area contributed by atoms with E-state index in [-0.39, 0.29) is 5.78 Å². The average molecular weight is 277 g/mol. The van der Waals surface area contributed by atoms with Gasteiger partial charge in [0.15, 0.2) is 5.78 Å².